The van der Waals surface area contributed by atoms with E-state index in [1.807, 2.05) is 4.90 Å². The largest absolute Gasteiger partial charge is 0.392 e. The van der Waals surface area contributed by atoms with Crippen LogP contribution in [0.15, 0.2) is 0 Å². The fraction of sp³-hybridized carbons (Fsp3) is 0.929. The standard InChI is InChI=1S/C14H25N3O2/c18-12-8-13(15-9-12)14(19)17-7-3-4-11(10-17)16-5-1-2-6-16/h11-13,15,18H,1-10H2/t11-,12-,13-/m0/s1. The predicted molar refractivity (Wildman–Crippen MR) is 72.8 cm³/mol. The molecule has 0 radical (unpaired) electrons. The lowest BCUT2D eigenvalue weighted by atomic mass is 10.0. The number of nitrogens with one attached hydrogen (secondary N) is 1. The van der Waals surface area contributed by atoms with Gasteiger partial charge >= 0.3 is 0 Å². The van der Waals surface area contributed by atoms with Crippen LogP contribution in [0.3, 0.4) is 0 Å². The van der Waals surface area contributed by atoms with Gasteiger partial charge in [-0.25, -0.2) is 0 Å². The molecule has 3 saturated heterocycles. The molecule has 3 rings (SSSR count). The van der Waals surface area contributed by atoms with Crippen molar-refractivity contribution < 1.29 is 9.90 Å². The number of aliphatic hydroxyl groups excluding tert-OH is 1. The molecule has 3 aliphatic rings. The first-order valence-electron chi connectivity index (χ1n) is 7.68. The Balaban J connectivity index is 1.56. The van der Waals surface area contributed by atoms with Gasteiger partial charge in [0.2, 0.25) is 5.91 Å². The molecule has 0 aromatic carbocycles. The van der Waals surface area contributed by atoms with E-state index in [1.165, 1.54) is 32.4 Å². The van der Waals surface area contributed by atoms with Crippen LogP contribution in [0.1, 0.15) is 32.1 Å². The van der Waals surface area contributed by atoms with E-state index < -0.39 is 0 Å². The number of nitrogens with zero attached hydrogens (tertiary/aromatic N) is 2. The monoisotopic (exact) mass is 267 g/mol. The van der Waals surface area contributed by atoms with Crippen LogP contribution in [0.4, 0.5) is 0 Å². The molecule has 108 valence electrons. The number of hydrogen-bond donors (Lipinski definition) is 2. The van der Waals surface area contributed by atoms with E-state index in [0.29, 0.717) is 19.0 Å². The highest BCUT2D eigenvalue weighted by Crippen LogP contribution is 2.21. The van der Waals surface area contributed by atoms with Crippen molar-refractivity contribution in [2.45, 2.75) is 50.3 Å². The molecule has 3 aliphatic heterocycles. The Morgan fingerprint density at radius 2 is 1.95 bits per heavy atom. The number of carbonyl (C=O) groups excluding carboxylic acids is 1. The van der Waals surface area contributed by atoms with Gasteiger partial charge in [0.05, 0.1) is 12.1 Å². The van der Waals surface area contributed by atoms with Gasteiger partial charge < -0.3 is 15.3 Å². The van der Waals surface area contributed by atoms with Crippen LogP contribution in [0.2, 0.25) is 0 Å². The maximum atomic E-state index is 12.4. The van der Waals surface area contributed by atoms with Gasteiger partial charge in [0.1, 0.15) is 0 Å². The first-order chi connectivity index (χ1) is 9.24. The summed E-state index contributed by atoms with van der Waals surface area (Å²) in [7, 11) is 0. The topological polar surface area (TPSA) is 55.8 Å². The number of hydrogen-bond acceptors (Lipinski definition) is 4. The smallest absolute Gasteiger partial charge is 0.239 e. The van der Waals surface area contributed by atoms with Gasteiger partial charge in [-0.3, -0.25) is 9.69 Å². The summed E-state index contributed by atoms with van der Waals surface area (Å²) >= 11 is 0. The van der Waals surface area contributed by atoms with E-state index in [4.69, 9.17) is 0 Å². The average molecular weight is 267 g/mol. The summed E-state index contributed by atoms with van der Waals surface area (Å²) in [5, 5.41) is 12.7. The van der Waals surface area contributed by atoms with Crippen molar-refractivity contribution in [2.75, 3.05) is 32.7 Å². The summed E-state index contributed by atoms with van der Waals surface area (Å²) in [5.74, 6) is 0.195. The SMILES string of the molecule is O=C([C@@H]1C[C@H](O)CN1)N1CCC[C@H](N2CCCC2)C1. The molecule has 5 heteroatoms. The minimum Gasteiger partial charge on any atom is -0.392 e. The normalized spacial score (nSPS) is 36.9. The fourth-order valence-electron chi connectivity index (χ4n) is 3.69. The number of rotatable bonds is 2. The number of amides is 1. The molecule has 0 aliphatic carbocycles. The Labute approximate surface area is 114 Å². The van der Waals surface area contributed by atoms with Crippen molar-refractivity contribution in [3.8, 4) is 0 Å². The minimum atomic E-state index is -0.354. The molecule has 0 unspecified atom stereocenters. The molecule has 5 nitrogen and oxygen atoms in total. The number of likely N-dealkylation sites (tertiary alicyclic amines) is 2. The maximum Gasteiger partial charge on any atom is 0.239 e. The lowest BCUT2D eigenvalue weighted by Gasteiger charge is -2.38. The second-order valence-electron chi connectivity index (χ2n) is 6.17. The van der Waals surface area contributed by atoms with Crippen LogP contribution in [-0.4, -0.2) is 71.7 Å². The third-order valence-electron chi connectivity index (χ3n) is 4.77. The van der Waals surface area contributed by atoms with Crippen LogP contribution < -0.4 is 5.32 Å². The zero-order valence-electron chi connectivity index (χ0n) is 11.6. The first kappa shape index (κ1) is 13.3. The molecule has 19 heavy (non-hydrogen) atoms. The first-order valence-corrected chi connectivity index (χ1v) is 7.68. The lowest BCUT2D eigenvalue weighted by Crippen LogP contribution is -2.52. The van der Waals surface area contributed by atoms with Gasteiger partial charge in [-0.05, 0) is 45.2 Å². The van der Waals surface area contributed by atoms with Gasteiger partial charge in [-0.1, -0.05) is 0 Å². The van der Waals surface area contributed by atoms with Crippen molar-refractivity contribution in [3.63, 3.8) is 0 Å². The molecule has 1 amide bonds. The van der Waals surface area contributed by atoms with Gasteiger partial charge in [0.25, 0.3) is 0 Å². The summed E-state index contributed by atoms with van der Waals surface area (Å²) in [4.78, 5) is 17.0. The van der Waals surface area contributed by atoms with Gasteiger partial charge in [-0.15, -0.1) is 0 Å². The van der Waals surface area contributed by atoms with E-state index in [9.17, 15) is 9.90 Å². The van der Waals surface area contributed by atoms with Crippen LogP contribution >= 0.6 is 0 Å². The van der Waals surface area contributed by atoms with Gasteiger partial charge in [0.15, 0.2) is 0 Å². The molecular weight excluding hydrogens is 242 g/mol. The maximum absolute atomic E-state index is 12.4. The van der Waals surface area contributed by atoms with Crippen LogP contribution in [-0.2, 0) is 4.79 Å². The summed E-state index contributed by atoms with van der Waals surface area (Å²) in [6.45, 7) is 4.73. The molecule has 0 aromatic heterocycles. The van der Waals surface area contributed by atoms with E-state index in [0.717, 1.165) is 19.5 Å². The average Bonchev–Trinajstić information content (AvgIpc) is 3.09. The molecule has 0 aromatic rings. The van der Waals surface area contributed by atoms with E-state index in [-0.39, 0.29) is 18.1 Å². The van der Waals surface area contributed by atoms with Crippen LogP contribution in [0.5, 0.6) is 0 Å². The summed E-state index contributed by atoms with van der Waals surface area (Å²) in [5.41, 5.74) is 0. The highest BCUT2D eigenvalue weighted by atomic mass is 16.3. The van der Waals surface area contributed by atoms with Gasteiger partial charge in [0, 0.05) is 25.7 Å². The van der Waals surface area contributed by atoms with E-state index >= 15 is 0 Å². The molecule has 2 N–H and O–H groups in total. The Morgan fingerprint density at radius 1 is 1.16 bits per heavy atom. The summed E-state index contributed by atoms with van der Waals surface area (Å²) < 4.78 is 0. The highest BCUT2D eigenvalue weighted by molar-refractivity contribution is 5.82. The second kappa shape index (κ2) is 5.77. The number of carbonyl (C=O) groups is 1. The van der Waals surface area contributed by atoms with Crippen molar-refractivity contribution in [2.24, 2.45) is 0 Å². The number of aliphatic hydroxyl groups is 1. The molecule has 3 fully saturated rings. The molecule has 0 spiro atoms. The van der Waals surface area contributed by atoms with Gasteiger partial charge in [-0.2, -0.15) is 0 Å². The van der Waals surface area contributed by atoms with Crippen LogP contribution in [0.25, 0.3) is 0 Å². The Morgan fingerprint density at radius 3 is 2.63 bits per heavy atom. The zero-order valence-corrected chi connectivity index (χ0v) is 11.6. The molecular formula is C14H25N3O2. The molecule has 0 bridgehead atoms. The minimum absolute atomic E-state index is 0.160. The number of β-amino-alcohol motifs (C(OH)–C–C–N with tert-alkyl or cyclic N) is 1. The predicted octanol–water partition coefficient (Wildman–Crippen LogP) is -0.204. The van der Waals surface area contributed by atoms with Crippen LogP contribution in [0, 0.1) is 0 Å². The Bertz CT molecular complexity index is 331. The summed E-state index contributed by atoms with van der Waals surface area (Å²) in [6.07, 6.45) is 5.17. The van der Waals surface area contributed by atoms with E-state index in [2.05, 4.69) is 10.2 Å². The van der Waals surface area contributed by atoms with E-state index in [1.54, 1.807) is 0 Å². The van der Waals surface area contributed by atoms with Crippen molar-refractivity contribution >= 4 is 5.91 Å². The lowest BCUT2D eigenvalue weighted by molar-refractivity contribution is -0.135. The third-order valence-corrected chi connectivity index (χ3v) is 4.77. The quantitative estimate of drug-likeness (QED) is 0.727. The van der Waals surface area contributed by atoms with Crippen molar-refractivity contribution in [1.82, 2.24) is 15.1 Å². The second-order valence-corrected chi connectivity index (χ2v) is 6.17. The van der Waals surface area contributed by atoms with Crippen molar-refractivity contribution in [3.05, 3.63) is 0 Å². The Kier molecular flexibility index (Phi) is 4.05. The zero-order chi connectivity index (χ0) is 13.2. The fourth-order valence-corrected chi connectivity index (χ4v) is 3.69. The molecule has 0 saturated carbocycles. The third kappa shape index (κ3) is 2.93. The summed E-state index contributed by atoms with van der Waals surface area (Å²) in [6, 6.07) is 0.402. The molecule has 3 atom stereocenters. The molecule has 3 heterocycles. The highest BCUT2D eigenvalue weighted by Gasteiger charge is 2.35. The Hall–Kier alpha value is -0.650. The van der Waals surface area contributed by atoms with Crippen molar-refractivity contribution in [1.29, 1.82) is 0 Å². The number of piperidine rings is 1.